The minimum atomic E-state index is 0.107. The van der Waals surface area contributed by atoms with Crippen molar-refractivity contribution in [3.63, 3.8) is 0 Å². The van der Waals surface area contributed by atoms with Crippen molar-refractivity contribution in [2.45, 2.75) is 24.7 Å². The Kier molecular flexibility index (Phi) is 4.57. The van der Waals surface area contributed by atoms with Crippen molar-refractivity contribution in [3.05, 3.63) is 24.3 Å². The molecule has 0 spiro atoms. The number of ether oxygens (including phenoxy) is 2. The van der Waals surface area contributed by atoms with Crippen LogP contribution in [-0.2, 0) is 0 Å². The highest BCUT2D eigenvalue weighted by Gasteiger charge is 2.21. The smallest absolute Gasteiger partial charge is 0.161 e. The molecule has 0 radical (unpaired) electrons. The van der Waals surface area contributed by atoms with Crippen LogP contribution in [0.15, 0.2) is 24.3 Å². The first kappa shape index (κ1) is 12.6. The van der Waals surface area contributed by atoms with E-state index < -0.39 is 0 Å². The Hall–Kier alpha value is -0.870. The lowest BCUT2D eigenvalue weighted by Crippen LogP contribution is -2.31. The maximum atomic E-state index is 8.83. The van der Waals surface area contributed by atoms with Gasteiger partial charge >= 0.3 is 0 Å². The Labute approximate surface area is 106 Å². The number of hydrogen-bond donors (Lipinski definition) is 1. The van der Waals surface area contributed by atoms with Gasteiger partial charge in [0.25, 0.3) is 0 Å². The van der Waals surface area contributed by atoms with Crippen LogP contribution in [0.1, 0.15) is 13.3 Å². The van der Waals surface area contributed by atoms with Crippen LogP contribution in [-0.4, -0.2) is 35.4 Å². The van der Waals surface area contributed by atoms with Gasteiger partial charge in [-0.1, -0.05) is 19.1 Å². The van der Waals surface area contributed by atoms with Crippen LogP contribution in [0.5, 0.6) is 11.5 Å². The van der Waals surface area contributed by atoms with E-state index in [0.717, 1.165) is 23.7 Å². The zero-order valence-electron chi connectivity index (χ0n) is 9.96. The fourth-order valence-corrected chi connectivity index (χ4v) is 2.66. The zero-order chi connectivity index (χ0) is 12.1. The lowest BCUT2D eigenvalue weighted by atomic mass is 10.3. The summed E-state index contributed by atoms with van der Waals surface area (Å²) in [6.45, 7) is 2.98. The predicted molar refractivity (Wildman–Crippen MR) is 70.0 cm³/mol. The molecular weight excluding hydrogens is 236 g/mol. The summed E-state index contributed by atoms with van der Waals surface area (Å²) in [6.07, 6.45) is 0.936. The summed E-state index contributed by atoms with van der Waals surface area (Å²) in [5.41, 5.74) is 0. The molecule has 0 saturated carbocycles. The SMILES string of the molecule is CC(CCO)SCC1COc2ccccc2O1. The van der Waals surface area contributed by atoms with Gasteiger partial charge in [-0.2, -0.15) is 11.8 Å². The van der Waals surface area contributed by atoms with Gasteiger partial charge in [-0.15, -0.1) is 0 Å². The number of hydrogen-bond acceptors (Lipinski definition) is 4. The van der Waals surface area contributed by atoms with Crippen LogP contribution >= 0.6 is 11.8 Å². The highest BCUT2D eigenvalue weighted by Crippen LogP contribution is 2.32. The lowest BCUT2D eigenvalue weighted by molar-refractivity contribution is 0.107. The second-order valence-electron chi connectivity index (χ2n) is 4.15. The van der Waals surface area contributed by atoms with Crippen LogP contribution in [0, 0.1) is 0 Å². The van der Waals surface area contributed by atoms with Crippen molar-refractivity contribution in [2.75, 3.05) is 19.0 Å². The maximum absolute atomic E-state index is 8.83. The molecule has 1 aliphatic heterocycles. The van der Waals surface area contributed by atoms with Gasteiger partial charge in [0.05, 0.1) is 0 Å². The number of fused-ring (bicyclic) bond motifs is 1. The summed E-state index contributed by atoms with van der Waals surface area (Å²) in [6, 6.07) is 7.75. The average Bonchev–Trinajstić information content (AvgIpc) is 2.36. The largest absolute Gasteiger partial charge is 0.486 e. The number of aliphatic hydroxyl groups is 1. The quantitative estimate of drug-likeness (QED) is 0.875. The highest BCUT2D eigenvalue weighted by atomic mass is 32.2. The van der Waals surface area contributed by atoms with Crippen LogP contribution in [0.4, 0.5) is 0 Å². The molecule has 0 saturated heterocycles. The van der Waals surface area contributed by atoms with E-state index in [1.54, 1.807) is 0 Å². The number of aliphatic hydroxyl groups excluding tert-OH is 1. The molecule has 0 aromatic heterocycles. The topological polar surface area (TPSA) is 38.7 Å². The van der Waals surface area contributed by atoms with Crippen LogP contribution < -0.4 is 9.47 Å². The zero-order valence-corrected chi connectivity index (χ0v) is 10.8. The molecule has 94 valence electrons. The summed E-state index contributed by atoms with van der Waals surface area (Å²) in [5.74, 6) is 2.56. The average molecular weight is 254 g/mol. The van der Waals surface area contributed by atoms with E-state index in [2.05, 4.69) is 6.92 Å². The van der Waals surface area contributed by atoms with Crippen molar-refractivity contribution in [2.24, 2.45) is 0 Å². The Balaban J connectivity index is 1.82. The third-order valence-electron chi connectivity index (χ3n) is 2.67. The molecule has 3 nitrogen and oxygen atoms in total. The lowest BCUT2D eigenvalue weighted by Gasteiger charge is -2.26. The second-order valence-corrected chi connectivity index (χ2v) is 5.63. The Morgan fingerprint density at radius 3 is 2.94 bits per heavy atom. The normalized spacial score (nSPS) is 20.0. The van der Waals surface area contributed by atoms with E-state index in [-0.39, 0.29) is 12.7 Å². The Morgan fingerprint density at radius 1 is 1.41 bits per heavy atom. The summed E-state index contributed by atoms with van der Waals surface area (Å²) < 4.78 is 11.5. The molecule has 0 fully saturated rings. The van der Waals surface area contributed by atoms with E-state index >= 15 is 0 Å². The molecule has 2 atom stereocenters. The number of benzene rings is 1. The fourth-order valence-electron chi connectivity index (χ4n) is 1.68. The molecule has 1 heterocycles. The fraction of sp³-hybridized carbons (Fsp3) is 0.538. The summed E-state index contributed by atoms with van der Waals surface area (Å²) in [5, 5.41) is 9.29. The van der Waals surface area contributed by atoms with Gasteiger partial charge in [-0.05, 0) is 18.6 Å². The van der Waals surface area contributed by atoms with Gasteiger partial charge in [-0.3, -0.25) is 0 Å². The number of rotatable bonds is 5. The van der Waals surface area contributed by atoms with E-state index in [1.165, 1.54) is 0 Å². The van der Waals surface area contributed by atoms with Gasteiger partial charge in [0.2, 0.25) is 0 Å². The van der Waals surface area contributed by atoms with Crippen LogP contribution in [0.25, 0.3) is 0 Å². The van der Waals surface area contributed by atoms with Crippen molar-refractivity contribution >= 4 is 11.8 Å². The first-order valence-corrected chi connectivity index (χ1v) is 6.95. The molecule has 1 N–H and O–H groups in total. The van der Waals surface area contributed by atoms with Gasteiger partial charge < -0.3 is 14.6 Å². The van der Waals surface area contributed by atoms with E-state index in [9.17, 15) is 0 Å². The molecule has 4 heteroatoms. The number of thioether (sulfide) groups is 1. The standard InChI is InChI=1S/C13H18O3S/c1-10(6-7-14)17-9-11-8-15-12-4-2-3-5-13(12)16-11/h2-5,10-11,14H,6-9H2,1H3. The van der Waals surface area contributed by atoms with Crippen molar-refractivity contribution < 1.29 is 14.6 Å². The maximum Gasteiger partial charge on any atom is 0.161 e. The molecule has 0 aliphatic carbocycles. The Morgan fingerprint density at radius 2 is 2.18 bits per heavy atom. The highest BCUT2D eigenvalue weighted by molar-refractivity contribution is 7.99. The van der Waals surface area contributed by atoms with E-state index in [0.29, 0.717) is 11.9 Å². The summed E-state index contributed by atoms with van der Waals surface area (Å²) >= 11 is 1.82. The summed E-state index contributed by atoms with van der Waals surface area (Å²) in [7, 11) is 0. The van der Waals surface area contributed by atoms with Crippen molar-refractivity contribution in [3.8, 4) is 11.5 Å². The number of para-hydroxylation sites is 2. The first-order chi connectivity index (χ1) is 8.29. The second kappa shape index (κ2) is 6.17. The van der Waals surface area contributed by atoms with Crippen molar-refractivity contribution in [1.82, 2.24) is 0 Å². The van der Waals surface area contributed by atoms with Gasteiger partial charge in [-0.25, -0.2) is 0 Å². The van der Waals surface area contributed by atoms with Crippen molar-refractivity contribution in [1.29, 1.82) is 0 Å². The predicted octanol–water partition coefficient (Wildman–Crippen LogP) is 2.33. The molecule has 1 aliphatic rings. The molecule has 2 unspecified atom stereocenters. The third kappa shape index (κ3) is 3.54. The molecule has 2 rings (SSSR count). The van der Waals surface area contributed by atoms with Gasteiger partial charge in [0.15, 0.2) is 11.5 Å². The van der Waals surface area contributed by atoms with E-state index in [1.807, 2.05) is 36.0 Å². The molecule has 0 bridgehead atoms. The van der Waals surface area contributed by atoms with Gasteiger partial charge in [0, 0.05) is 17.6 Å². The van der Waals surface area contributed by atoms with E-state index in [4.69, 9.17) is 14.6 Å². The first-order valence-electron chi connectivity index (χ1n) is 5.90. The minimum absolute atomic E-state index is 0.107. The molecule has 0 amide bonds. The molecule has 1 aromatic rings. The minimum Gasteiger partial charge on any atom is -0.486 e. The summed E-state index contributed by atoms with van der Waals surface area (Å²) in [4.78, 5) is 0. The molecule has 17 heavy (non-hydrogen) atoms. The third-order valence-corrected chi connectivity index (χ3v) is 4.04. The monoisotopic (exact) mass is 254 g/mol. The Bertz CT molecular complexity index is 356. The molecule has 1 aromatic carbocycles. The van der Waals surface area contributed by atoms with Crippen LogP contribution in [0.3, 0.4) is 0 Å². The van der Waals surface area contributed by atoms with Gasteiger partial charge in [0.1, 0.15) is 12.7 Å². The molecular formula is C13H18O3S. The van der Waals surface area contributed by atoms with Crippen LogP contribution in [0.2, 0.25) is 0 Å².